The molecule has 0 radical (unpaired) electrons. The number of rotatable bonds is 4. The number of nitrogens with zero attached hydrogens (tertiary/aromatic N) is 3. The third-order valence-electron chi connectivity index (χ3n) is 12.2. The van der Waals surface area contributed by atoms with Gasteiger partial charge in [0, 0.05) is 49.2 Å². The molecule has 3 heterocycles. The molecule has 268 valence electrons. The molecule has 0 amide bonds. The van der Waals surface area contributed by atoms with Crippen LogP contribution < -0.4 is 0 Å². The third-order valence-corrected chi connectivity index (χ3v) is 12.2. The van der Waals surface area contributed by atoms with Crippen LogP contribution in [0, 0.1) is 0 Å². The second-order valence-electron chi connectivity index (χ2n) is 15.7. The minimum absolute atomic E-state index is 0.203. The van der Waals surface area contributed by atoms with Gasteiger partial charge in [-0.1, -0.05) is 135 Å². The van der Waals surface area contributed by atoms with Crippen LogP contribution in [0.4, 0.5) is 0 Å². The van der Waals surface area contributed by atoms with Gasteiger partial charge in [-0.15, -0.1) is 0 Å². The van der Waals surface area contributed by atoms with E-state index in [0.29, 0.717) is 5.82 Å². The predicted molar refractivity (Wildman–Crippen MR) is 235 cm³/mol. The maximum absolute atomic E-state index is 6.55. The van der Waals surface area contributed by atoms with Gasteiger partial charge in [0.1, 0.15) is 11.2 Å². The zero-order valence-corrected chi connectivity index (χ0v) is 31.5. The highest BCUT2D eigenvalue weighted by Gasteiger charge is 2.37. The Morgan fingerprint density at radius 3 is 2.05 bits per heavy atom. The monoisotopic (exact) mass is 729 g/mol. The summed E-state index contributed by atoms with van der Waals surface area (Å²) in [5, 5.41) is 5.67. The Bertz CT molecular complexity index is 3440. The van der Waals surface area contributed by atoms with Crippen LogP contribution in [0.15, 0.2) is 180 Å². The molecule has 0 aliphatic heterocycles. The first-order chi connectivity index (χ1) is 28.0. The van der Waals surface area contributed by atoms with Crippen molar-refractivity contribution in [2.75, 3.05) is 0 Å². The molecule has 0 N–H and O–H groups in total. The minimum Gasteiger partial charge on any atom is -0.455 e. The average Bonchev–Trinajstić information content (AvgIpc) is 3.88. The van der Waals surface area contributed by atoms with Crippen molar-refractivity contribution in [3.63, 3.8) is 0 Å². The van der Waals surface area contributed by atoms with Crippen molar-refractivity contribution in [3.8, 4) is 50.6 Å². The van der Waals surface area contributed by atoms with Crippen molar-refractivity contribution in [3.05, 3.63) is 187 Å². The fourth-order valence-corrected chi connectivity index (χ4v) is 9.51. The van der Waals surface area contributed by atoms with Crippen LogP contribution in [-0.4, -0.2) is 14.5 Å². The van der Waals surface area contributed by atoms with E-state index in [9.17, 15) is 0 Å². The van der Waals surface area contributed by atoms with E-state index in [0.717, 1.165) is 55.3 Å². The van der Waals surface area contributed by atoms with Gasteiger partial charge < -0.3 is 8.98 Å². The van der Waals surface area contributed by atoms with Crippen LogP contribution in [0.1, 0.15) is 25.0 Å². The molecule has 0 spiro atoms. The average molecular weight is 730 g/mol. The van der Waals surface area contributed by atoms with Crippen molar-refractivity contribution < 1.29 is 4.42 Å². The number of para-hydroxylation sites is 5. The summed E-state index contributed by atoms with van der Waals surface area (Å²) in [5.41, 5.74) is 16.2. The second-order valence-corrected chi connectivity index (χ2v) is 15.7. The summed E-state index contributed by atoms with van der Waals surface area (Å²) < 4.78 is 8.92. The van der Waals surface area contributed by atoms with E-state index >= 15 is 0 Å². The topological polar surface area (TPSA) is 43.9 Å². The second kappa shape index (κ2) is 11.8. The molecular weight excluding hydrogens is 695 g/mol. The van der Waals surface area contributed by atoms with Gasteiger partial charge in [0.05, 0.1) is 22.2 Å². The molecule has 1 aliphatic carbocycles. The van der Waals surface area contributed by atoms with E-state index < -0.39 is 0 Å². The Labute approximate surface area is 329 Å². The molecule has 4 heteroatoms. The summed E-state index contributed by atoms with van der Waals surface area (Å²) in [6.07, 6.45) is 0. The minimum atomic E-state index is -0.203. The highest BCUT2D eigenvalue weighted by molar-refractivity contribution is 6.12. The Morgan fingerprint density at radius 1 is 0.474 bits per heavy atom. The molecule has 0 fully saturated rings. The van der Waals surface area contributed by atoms with Gasteiger partial charge in [0.15, 0.2) is 5.82 Å². The summed E-state index contributed by atoms with van der Waals surface area (Å²) >= 11 is 0. The lowest BCUT2D eigenvalue weighted by Crippen LogP contribution is -2.14. The van der Waals surface area contributed by atoms with E-state index in [1.54, 1.807) is 0 Å². The van der Waals surface area contributed by atoms with Gasteiger partial charge in [-0.3, -0.25) is 0 Å². The zero-order valence-electron chi connectivity index (χ0n) is 31.5. The first-order valence-electron chi connectivity index (χ1n) is 19.6. The highest BCUT2D eigenvalue weighted by Crippen LogP contribution is 2.53. The maximum atomic E-state index is 6.55. The molecule has 0 bridgehead atoms. The van der Waals surface area contributed by atoms with Gasteiger partial charge in [-0.05, 0) is 88.0 Å². The van der Waals surface area contributed by atoms with Crippen molar-refractivity contribution in [2.45, 2.75) is 19.3 Å². The lowest BCUT2D eigenvalue weighted by molar-refractivity contribution is 0.660. The molecule has 4 nitrogen and oxygen atoms in total. The van der Waals surface area contributed by atoms with Crippen LogP contribution in [-0.2, 0) is 5.41 Å². The molecule has 57 heavy (non-hydrogen) atoms. The number of benzene rings is 8. The Hall–Kier alpha value is -7.30. The SMILES string of the molecule is CC1(C)c2ccc(-c3ccc4c(c3)c3ccccc3n4-c3ccccc3)cc2-c2c(-c3nc(-c4cccc5c4oc4ccccc45)c4ccccc4n3)cccc21. The molecule has 8 aromatic carbocycles. The molecule has 0 unspecified atom stereocenters. The molecule has 12 rings (SSSR count). The predicted octanol–water partition coefficient (Wildman–Crippen LogP) is 13.9. The number of hydrogen-bond acceptors (Lipinski definition) is 3. The van der Waals surface area contributed by atoms with Crippen molar-refractivity contribution in [2.24, 2.45) is 0 Å². The Morgan fingerprint density at radius 2 is 1.16 bits per heavy atom. The van der Waals surface area contributed by atoms with Gasteiger partial charge in [0.2, 0.25) is 0 Å². The zero-order chi connectivity index (χ0) is 37.8. The smallest absolute Gasteiger partial charge is 0.161 e. The molecule has 3 aromatic heterocycles. The van der Waals surface area contributed by atoms with Crippen molar-refractivity contribution in [1.29, 1.82) is 0 Å². The molecule has 0 saturated carbocycles. The van der Waals surface area contributed by atoms with Gasteiger partial charge in [-0.25, -0.2) is 9.97 Å². The maximum Gasteiger partial charge on any atom is 0.161 e. The van der Waals surface area contributed by atoms with E-state index in [2.05, 4.69) is 182 Å². The number of aromatic nitrogens is 3. The Kier molecular flexibility index (Phi) is 6.65. The van der Waals surface area contributed by atoms with Gasteiger partial charge in [0.25, 0.3) is 0 Å². The first-order valence-corrected chi connectivity index (χ1v) is 19.6. The lowest BCUT2D eigenvalue weighted by Gasteiger charge is -2.21. The van der Waals surface area contributed by atoms with Crippen molar-refractivity contribution >= 4 is 54.6 Å². The fourth-order valence-electron chi connectivity index (χ4n) is 9.51. The summed E-state index contributed by atoms with van der Waals surface area (Å²) in [6, 6.07) is 62.8. The standard InChI is InChI=1S/C53H35N3O/c1-53(2)43-28-26-32(33-27-29-47-41(30-33)35-16-7-10-24-46(35)56(47)34-14-4-3-5-15-34)31-42(43)49-39(20-13-22-44(49)53)52-54-45-23-9-6-18-38(45)50(55-52)40-21-12-19-37-36-17-8-11-25-48(36)57-51(37)40/h3-31H,1-2H3. The molecule has 11 aromatic rings. The van der Waals surface area contributed by atoms with Crippen molar-refractivity contribution in [1.82, 2.24) is 14.5 Å². The summed E-state index contributed by atoms with van der Waals surface area (Å²) in [7, 11) is 0. The van der Waals surface area contributed by atoms with Gasteiger partial charge >= 0.3 is 0 Å². The van der Waals surface area contributed by atoms with Crippen LogP contribution >= 0.6 is 0 Å². The molecule has 0 atom stereocenters. The lowest BCUT2D eigenvalue weighted by atomic mass is 9.82. The number of furan rings is 1. The fraction of sp³-hybridized carbons (Fsp3) is 0.0566. The largest absolute Gasteiger partial charge is 0.455 e. The first kappa shape index (κ1) is 32.0. The van der Waals surface area contributed by atoms with E-state index in [4.69, 9.17) is 14.4 Å². The van der Waals surface area contributed by atoms with Gasteiger partial charge in [-0.2, -0.15) is 0 Å². The number of hydrogen-bond donors (Lipinski definition) is 0. The Balaban J connectivity index is 1.05. The highest BCUT2D eigenvalue weighted by atomic mass is 16.3. The van der Waals surface area contributed by atoms with Crippen LogP contribution in [0.5, 0.6) is 0 Å². The number of fused-ring (bicyclic) bond motifs is 10. The molecule has 0 saturated heterocycles. The summed E-state index contributed by atoms with van der Waals surface area (Å²) in [5.74, 6) is 0.706. The summed E-state index contributed by atoms with van der Waals surface area (Å²) in [6.45, 7) is 4.67. The van der Waals surface area contributed by atoms with E-state index in [-0.39, 0.29) is 5.41 Å². The van der Waals surface area contributed by atoms with E-state index in [1.165, 1.54) is 55.2 Å². The van der Waals surface area contributed by atoms with Crippen LogP contribution in [0.2, 0.25) is 0 Å². The van der Waals surface area contributed by atoms with E-state index in [1.807, 2.05) is 12.1 Å². The van der Waals surface area contributed by atoms with Crippen LogP contribution in [0.3, 0.4) is 0 Å². The molecular formula is C53H35N3O. The normalized spacial score (nSPS) is 13.2. The van der Waals surface area contributed by atoms with Crippen LogP contribution in [0.25, 0.3) is 105 Å². The molecule has 1 aliphatic rings. The third kappa shape index (κ3) is 4.62. The quantitative estimate of drug-likeness (QED) is 0.181. The summed E-state index contributed by atoms with van der Waals surface area (Å²) in [4.78, 5) is 10.7.